The van der Waals surface area contributed by atoms with Crippen LogP contribution in [-0.2, 0) is 16.7 Å². The van der Waals surface area contributed by atoms with E-state index in [1.54, 1.807) is 0 Å². The number of hydrogen-bond acceptors (Lipinski definition) is 4. The molecule has 2 aliphatic rings. The molecular formula is C26H36FN3O. The second-order valence-corrected chi connectivity index (χ2v) is 10.7. The normalized spacial score (nSPS) is 26.5. The van der Waals surface area contributed by atoms with E-state index in [-0.39, 0.29) is 28.5 Å². The van der Waals surface area contributed by atoms with Gasteiger partial charge < -0.3 is 4.74 Å². The third kappa shape index (κ3) is 4.68. The molecule has 0 radical (unpaired) electrons. The van der Waals surface area contributed by atoms with Gasteiger partial charge in [0, 0.05) is 35.1 Å². The maximum Gasteiger partial charge on any atom is 0.141 e. The summed E-state index contributed by atoms with van der Waals surface area (Å²) in [5, 5.41) is 0. The number of ether oxygens (including phenoxy) is 1. The number of hydrogen-bond donors (Lipinski definition) is 0. The van der Waals surface area contributed by atoms with Gasteiger partial charge in [0.15, 0.2) is 0 Å². The minimum atomic E-state index is -0.278. The van der Waals surface area contributed by atoms with E-state index in [9.17, 15) is 4.39 Å². The fourth-order valence-electron chi connectivity index (χ4n) is 5.36. The van der Waals surface area contributed by atoms with Crippen molar-refractivity contribution in [2.45, 2.75) is 84.0 Å². The monoisotopic (exact) mass is 425 g/mol. The zero-order chi connectivity index (χ0) is 22.3. The van der Waals surface area contributed by atoms with Gasteiger partial charge in [0.1, 0.15) is 5.82 Å². The van der Waals surface area contributed by atoms with E-state index in [1.807, 2.05) is 19.2 Å². The zero-order valence-electron chi connectivity index (χ0n) is 19.6. The highest BCUT2D eigenvalue weighted by Crippen LogP contribution is 2.49. The molecular weight excluding hydrogens is 389 g/mol. The van der Waals surface area contributed by atoms with Crippen LogP contribution in [0.3, 0.4) is 0 Å². The van der Waals surface area contributed by atoms with Crippen LogP contribution in [0.1, 0.15) is 70.3 Å². The summed E-state index contributed by atoms with van der Waals surface area (Å²) in [5.41, 5.74) is 3.18. The van der Waals surface area contributed by atoms with Crippen molar-refractivity contribution in [1.82, 2.24) is 14.9 Å². The number of aromatic nitrogens is 2. The van der Waals surface area contributed by atoms with Crippen LogP contribution in [0.5, 0.6) is 0 Å². The van der Waals surface area contributed by atoms with E-state index in [1.165, 1.54) is 17.8 Å². The Kier molecular flexibility index (Phi) is 5.95. The van der Waals surface area contributed by atoms with Crippen LogP contribution < -0.4 is 0 Å². The standard InChI is InChI=1S/C26H36FN3O/c1-19-6-7-20(16-28-19)25(4,5)30-15-14-26(18-30,23-11-12-24(2,3)31-23)13-10-22-9-8-21(27)17-29-22/h6-9,16-17,23H,10-15,18H2,1-5H3/t23?,26-/m1/s1. The lowest BCUT2D eigenvalue weighted by Gasteiger charge is -2.40. The molecule has 0 aromatic carbocycles. The summed E-state index contributed by atoms with van der Waals surface area (Å²) >= 11 is 0. The molecule has 0 bridgehead atoms. The molecule has 1 unspecified atom stereocenters. The molecule has 2 aliphatic heterocycles. The summed E-state index contributed by atoms with van der Waals surface area (Å²) < 4.78 is 19.9. The van der Waals surface area contributed by atoms with Gasteiger partial charge in [-0.3, -0.25) is 14.9 Å². The fourth-order valence-corrected chi connectivity index (χ4v) is 5.36. The SMILES string of the molecule is Cc1ccc(C(C)(C)N2CC[C@@](CCc3ccc(F)cn3)(C3CCC(C)(C)O3)C2)cn1. The number of likely N-dealkylation sites (tertiary alicyclic amines) is 1. The Hall–Kier alpha value is -1.85. The van der Waals surface area contributed by atoms with Crippen LogP contribution in [0, 0.1) is 18.2 Å². The minimum Gasteiger partial charge on any atom is -0.372 e. The summed E-state index contributed by atoms with van der Waals surface area (Å²) in [6, 6.07) is 7.64. The highest BCUT2D eigenvalue weighted by Gasteiger charge is 2.51. The molecule has 0 aliphatic carbocycles. The fraction of sp³-hybridized carbons (Fsp3) is 0.615. The van der Waals surface area contributed by atoms with Crippen LogP contribution in [0.15, 0.2) is 36.7 Å². The van der Waals surface area contributed by atoms with Crippen molar-refractivity contribution >= 4 is 0 Å². The molecule has 2 aromatic rings. The summed E-state index contributed by atoms with van der Waals surface area (Å²) in [6.45, 7) is 13.1. The summed E-state index contributed by atoms with van der Waals surface area (Å²) in [6.07, 6.45) is 8.76. The molecule has 0 N–H and O–H groups in total. The van der Waals surface area contributed by atoms with Crippen molar-refractivity contribution in [1.29, 1.82) is 0 Å². The van der Waals surface area contributed by atoms with Gasteiger partial charge in [-0.1, -0.05) is 6.07 Å². The zero-order valence-corrected chi connectivity index (χ0v) is 19.6. The summed E-state index contributed by atoms with van der Waals surface area (Å²) in [7, 11) is 0. The van der Waals surface area contributed by atoms with E-state index in [0.29, 0.717) is 0 Å². The van der Waals surface area contributed by atoms with E-state index >= 15 is 0 Å². The Bertz CT molecular complexity index is 894. The van der Waals surface area contributed by atoms with Crippen LogP contribution in [0.2, 0.25) is 0 Å². The van der Waals surface area contributed by atoms with Gasteiger partial charge in [0.05, 0.1) is 17.9 Å². The smallest absolute Gasteiger partial charge is 0.141 e. The predicted molar refractivity (Wildman–Crippen MR) is 121 cm³/mol. The second-order valence-electron chi connectivity index (χ2n) is 10.7. The van der Waals surface area contributed by atoms with Gasteiger partial charge in [-0.2, -0.15) is 0 Å². The number of halogens is 1. The average molecular weight is 426 g/mol. The maximum absolute atomic E-state index is 13.3. The lowest BCUT2D eigenvalue weighted by Crippen LogP contribution is -2.45. The van der Waals surface area contributed by atoms with Crippen molar-refractivity contribution in [3.63, 3.8) is 0 Å². The average Bonchev–Trinajstić information content (AvgIpc) is 3.33. The van der Waals surface area contributed by atoms with Crippen molar-refractivity contribution < 1.29 is 9.13 Å². The third-order valence-electron chi connectivity index (χ3n) is 7.61. The molecule has 2 saturated heterocycles. The first kappa shape index (κ1) is 22.3. The molecule has 31 heavy (non-hydrogen) atoms. The van der Waals surface area contributed by atoms with Crippen molar-refractivity contribution in [3.8, 4) is 0 Å². The quantitative estimate of drug-likeness (QED) is 0.618. The van der Waals surface area contributed by atoms with Crippen LogP contribution >= 0.6 is 0 Å². The maximum atomic E-state index is 13.3. The van der Waals surface area contributed by atoms with E-state index in [0.717, 1.165) is 56.6 Å². The van der Waals surface area contributed by atoms with Gasteiger partial charge in [0.25, 0.3) is 0 Å². The van der Waals surface area contributed by atoms with Gasteiger partial charge in [-0.25, -0.2) is 4.39 Å². The Morgan fingerprint density at radius 1 is 1.13 bits per heavy atom. The minimum absolute atomic E-state index is 0.0599. The summed E-state index contributed by atoms with van der Waals surface area (Å²) in [4.78, 5) is 11.5. The topological polar surface area (TPSA) is 38.2 Å². The van der Waals surface area contributed by atoms with Crippen molar-refractivity contribution in [2.75, 3.05) is 13.1 Å². The van der Waals surface area contributed by atoms with Crippen molar-refractivity contribution in [3.05, 3.63) is 59.4 Å². The third-order valence-corrected chi connectivity index (χ3v) is 7.61. The molecule has 2 aromatic heterocycles. The Labute approximate surface area is 186 Å². The largest absolute Gasteiger partial charge is 0.372 e. The predicted octanol–water partition coefficient (Wildman–Crippen LogP) is 5.44. The number of nitrogens with zero attached hydrogens (tertiary/aromatic N) is 3. The first-order chi connectivity index (χ1) is 14.6. The van der Waals surface area contributed by atoms with E-state index < -0.39 is 0 Å². The molecule has 168 valence electrons. The summed E-state index contributed by atoms with van der Waals surface area (Å²) in [5.74, 6) is -0.278. The molecule has 0 amide bonds. The molecule has 4 heterocycles. The first-order valence-electron chi connectivity index (χ1n) is 11.6. The second kappa shape index (κ2) is 8.25. The lowest BCUT2D eigenvalue weighted by molar-refractivity contribution is -0.0789. The van der Waals surface area contributed by atoms with E-state index in [4.69, 9.17) is 4.74 Å². The lowest BCUT2D eigenvalue weighted by atomic mass is 9.75. The molecule has 0 saturated carbocycles. The Morgan fingerprint density at radius 2 is 1.94 bits per heavy atom. The van der Waals surface area contributed by atoms with Crippen LogP contribution in [-0.4, -0.2) is 39.7 Å². The van der Waals surface area contributed by atoms with Gasteiger partial charge in [-0.05, 0) is 97.0 Å². The number of pyridine rings is 2. The van der Waals surface area contributed by atoms with Gasteiger partial charge in [-0.15, -0.1) is 0 Å². The molecule has 0 spiro atoms. The molecule has 4 rings (SSSR count). The highest BCUT2D eigenvalue weighted by molar-refractivity contribution is 5.22. The van der Waals surface area contributed by atoms with Gasteiger partial charge >= 0.3 is 0 Å². The Morgan fingerprint density at radius 3 is 2.55 bits per heavy atom. The van der Waals surface area contributed by atoms with E-state index in [2.05, 4.69) is 54.7 Å². The number of aryl methyl sites for hydroxylation is 2. The molecule has 2 atom stereocenters. The number of rotatable bonds is 6. The molecule has 4 nitrogen and oxygen atoms in total. The van der Waals surface area contributed by atoms with Crippen molar-refractivity contribution in [2.24, 2.45) is 5.41 Å². The molecule has 2 fully saturated rings. The van der Waals surface area contributed by atoms with Crippen LogP contribution in [0.25, 0.3) is 0 Å². The van der Waals surface area contributed by atoms with Crippen LogP contribution in [0.4, 0.5) is 4.39 Å². The highest BCUT2D eigenvalue weighted by atomic mass is 19.1. The first-order valence-corrected chi connectivity index (χ1v) is 11.6. The molecule has 5 heteroatoms. The Balaban J connectivity index is 1.56. The van der Waals surface area contributed by atoms with Gasteiger partial charge in [0.2, 0.25) is 0 Å².